The Kier molecular flexibility index (Phi) is 3.27. The number of aryl methyl sites for hydroxylation is 1. The van der Waals surface area contributed by atoms with E-state index in [1.165, 1.54) is 16.8 Å². The summed E-state index contributed by atoms with van der Waals surface area (Å²) in [7, 11) is 1.55. The van der Waals surface area contributed by atoms with Crippen molar-refractivity contribution < 1.29 is 4.79 Å². The Morgan fingerprint density at radius 3 is 2.86 bits per heavy atom. The van der Waals surface area contributed by atoms with Crippen molar-refractivity contribution in [3.05, 3.63) is 27.6 Å². The van der Waals surface area contributed by atoms with Crippen LogP contribution in [-0.2, 0) is 11.8 Å². The molecule has 0 saturated carbocycles. The van der Waals surface area contributed by atoms with Crippen LogP contribution in [0.1, 0.15) is 0 Å². The minimum absolute atomic E-state index is 0.0577. The molecule has 0 radical (unpaired) electrons. The molecule has 1 heterocycles. The van der Waals surface area contributed by atoms with Gasteiger partial charge < -0.3 is 15.6 Å². The third-order valence-corrected chi connectivity index (χ3v) is 1.88. The first-order valence-corrected chi connectivity index (χ1v) is 4.28. The monoisotopic (exact) mass is 215 g/mol. The number of halogens is 1. The van der Waals surface area contributed by atoms with E-state index in [1.807, 2.05) is 0 Å². The number of nitrogens with zero attached hydrogens (tertiary/aromatic N) is 1. The van der Waals surface area contributed by atoms with Crippen molar-refractivity contribution in [3.63, 3.8) is 0 Å². The zero-order chi connectivity index (χ0) is 10.7. The summed E-state index contributed by atoms with van der Waals surface area (Å²) < 4.78 is 1.29. The maximum atomic E-state index is 11.2. The van der Waals surface area contributed by atoms with Crippen molar-refractivity contribution in [2.75, 3.05) is 11.9 Å². The van der Waals surface area contributed by atoms with Gasteiger partial charge in [-0.05, 0) is 6.07 Å². The van der Waals surface area contributed by atoms with Gasteiger partial charge in [-0.2, -0.15) is 0 Å². The summed E-state index contributed by atoms with van der Waals surface area (Å²) in [6, 6.07) is 1.39. The molecule has 3 N–H and O–H groups in total. The molecule has 0 saturated heterocycles. The molecular weight excluding hydrogens is 206 g/mol. The Hall–Kier alpha value is -1.33. The summed E-state index contributed by atoms with van der Waals surface area (Å²) in [5.74, 6) is -0.334. The molecule has 0 aliphatic heterocycles. The van der Waals surface area contributed by atoms with Crippen LogP contribution in [0.25, 0.3) is 0 Å². The smallest absolute Gasteiger partial charge is 0.269 e. The van der Waals surface area contributed by atoms with Crippen molar-refractivity contribution in [3.8, 4) is 0 Å². The molecule has 0 aliphatic rings. The van der Waals surface area contributed by atoms with Gasteiger partial charge in [0.2, 0.25) is 5.91 Å². The molecule has 0 aliphatic carbocycles. The molecule has 14 heavy (non-hydrogen) atoms. The fourth-order valence-corrected chi connectivity index (χ4v) is 1.20. The van der Waals surface area contributed by atoms with Gasteiger partial charge in [-0.25, -0.2) is 0 Å². The number of nitrogens with one attached hydrogen (secondary N) is 1. The molecule has 1 aromatic heterocycles. The first kappa shape index (κ1) is 10.7. The highest BCUT2D eigenvalue weighted by Gasteiger charge is 2.04. The summed E-state index contributed by atoms with van der Waals surface area (Å²) >= 11 is 5.63. The Balaban J connectivity index is 3.01. The lowest BCUT2D eigenvalue weighted by Gasteiger charge is -2.05. The first-order chi connectivity index (χ1) is 6.54. The van der Waals surface area contributed by atoms with E-state index >= 15 is 0 Å². The summed E-state index contributed by atoms with van der Waals surface area (Å²) in [6.07, 6.45) is 1.47. The van der Waals surface area contributed by atoms with Gasteiger partial charge in [0.05, 0.1) is 12.2 Å². The number of anilines is 1. The number of rotatable bonds is 2. The third kappa shape index (κ3) is 2.34. The van der Waals surface area contributed by atoms with Crippen LogP contribution in [0.15, 0.2) is 17.1 Å². The predicted octanol–water partition coefficient (Wildman–Crippen LogP) is -0.0641. The van der Waals surface area contributed by atoms with Crippen LogP contribution < -0.4 is 16.6 Å². The zero-order valence-corrected chi connectivity index (χ0v) is 8.34. The van der Waals surface area contributed by atoms with Crippen LogP contribution in [0, 0.1) is 0 Å². The number of aromatic nitrogens is 1. The topological polar surface area (TPSA) is 77.1 Å². The summed E-state index contributed by atoms with van der Waals surface area (Å²) in [5, 5.41) is 2.55. The Labute approximate surface area is 85.5 Å². The normalized spacial score (nSPS) is 9.93. The van der Waals surface area contributed by atoms with Crippen LogP contribution in [0.4, 0.5) is 5.69 Å². The van der Waals surface area contributed by atoms with Gasteiger partial charge in [0, 0.05) is 13.2 Å². The van der Waals surface area contributed by atoms with E-state index < -0.39 is 0 Å². The lowest BCUT2D eigenvalue weighted by molar-refractivity contribution is -0.114. The third-order valence-electron chi connectivity index (χ3n) is 1.61. The number of nitrogens with two attached hydrogens (primary N) is 1. The second-order valence-electron chi connectivity index (χ2n) is 2.75. The second-order valence-corrected chi connectivity index (χ2v) is 3.15. The van der Waals surface area contributed by atoms with Crippen molar-refractivity contribution >= 4 is 23.2 Å². The molecule has 0 bridgehead atoms. The van der Waals surface area contributed by atoms with Gasteiger partial charge in [0.15, 0.2) is 0 Å². The summed E-state index contributed by atoms with van der Waals surface area (Å²) in [4.78, 5) is 22.1. The average molecular weight is 216 g/mol. The van der Waals surface area contributed by atoms with E-state index in [1.54, 1.807) is 7.05 Å². The van der Waals surface area contributed by atoms with Crippen molar-refractivity contribution in [2.24, 2.45) is 12.8 Å². The van der Waals surface area contributed by atoms with Crippen LogP contribution in [-0.4, -0.2) is 17.0 Å². The summed E-state index contributed by atoms with van der Waals surface area (Å²) in [5.41, 5.74) is 5.26. The van der Waals surface area contributed by atoms with Gasteiger partial charge in [-0.1, -0.05) is 11.6 Å². The number of carbonyl (C=O) groups excluding carboxylic acids is 1. The van der Waals surface area contributed by atoms with Gasteiger partial charge >= 0.3 is 0 Å². The molecule has 1 amide bonds. The number of amides is 1. The van der Waals surface area contributed by atoms with Crippen LogP contribution in [0.5, 0.6) is 0 Å². The fraction of sp³-hybridized carbons (Fsp3) is 0.250. The van der Waals surface area contributed by atoms with E-state index in [4.69, 9.17) is 17.3 Å². The van der Waals surface area contributed by atoms with E-state index in [9.17, 15) is 9.59 Å². The minimum Gasteiger partial charge on any atom is -0.324 e. The predicted molar refractivity (Wildman–Crippen MR) is 54.4 cm³/mol. The zero-order valence-electron chi connectivity index (χ0n) is 7.58. The van der Waals surface area contributed by atoms with Gasteiger partial charge in [-0.3, -0.25) is 9.59 Å². The van der Waals surface area contributed by atoms with Crippen LogP contribution in [0.3, 0.4) is 0 Å². The highest BCUT2D eigenvalue weighted by molar-refractivity contribution is 6.30. The fourth-order valence-electron chi connectivity index (χ4n) is 0.952. The Morgan fingerprint density at radius 1 is 1.71 bits per heavy atom. The van der Waals surface area contributed by atoms with Gasteiger partial charge in [0.25, 0.3) is 5.56 Å². The average Bonchev–Trinajstić information content (AvgIpc) is 2.14. The highest BCUT2D eigenvalue weighted by Crippen LogP contribution is 2.09. The molecule has 1 aromatic rings. The molecule has 0 atom stereocenters. The minimum atomic E-state index is -0.334. The van der Waals surface area contributed by atoms with E-state index in [0.717, 1.165) is 0 Å². The first-order valence-electron chi connectivity index (χ1n) is 3.90. The highest BCUT2D eigenvalue weighted by atomic mass is 35.5. The molecule has 1 rings (SSSR count). The molecule has 6 heteroatoms. The maximum Gasteiger partial charge on any atom is 0.269 e. The van der Waals surface area contributed by atoms with E-state index in [-0.39, 0.29) is 23.0 Å². The van der Waals surface area contributed by atoms with Gasteiger partial charge in [-0.15, -0.1) is 0 Å². The second kappa shape index (κ2) is 4.26. The lowest BCUT2D eigenvalue weighted by Crippen LogP contribution is -2.24. The van der Waals surface area contributed by atoms with Crippen molar-refractivity contribution in [1.29, 1.82) is 0 Å². The Morgan fingerprint density at radius 2 is 2.36 bits per heavy atom. The maximum absolute atomic E-state index is 11.2. The van der Waals surface area contributed by atoms with E-state index in [2.05, 4.69) is 5.32 Å². The molecule has 0 unspecified atom stereocenters. The summed E-state index contributed by atoms with van der Waals surface area (Å²) in [6.45, 7) is -0.111. The van der Waals surface area contributed by atoms with Crippen LogP contribution >= 0.6 is 11.6 Å². The molecule has 76 valence electrons. The molecular formula is C8H10ClN3O2. The SMILES string of the molecule is Cn1cc(NC(=O)CN)cc(Cl)c1=O. The van der Waals surface area contributed by atoms with Crippen molar-refractivity contribution in [1.82, 2.24) is 4.57 Å². The Bertz CT molecular complexity index is 387. The quantitative estimate of drug-likeness (QED) is 0.726. The molecule has 0 spiro atoms. The number of hydrogen-bond acceptors (Lipinski definition) is 3. The van der Waals surface area contributed by atoms with Crippen molar-refractivity contribution in [2.45, 2.75) is 0 Å². The van der Waals surface area contributed by atoms with E-state index in [0.29, 0.717) is 5.69 Å². The number of hydrogen-bond donors (Lipinski definition) is 2. The molecule has 5 nitrogen and oxygen atoms in total. The standard InChI is InChI=1S/C8H10ClN3O2/c1-12-4-5(11-7(13)3-10)2-6(9)8(12)14/h2,4H,3,10H2,1H3,(H,11,13). The lowest BCUT2D eigenvalue weighted by atomic mass is 10.4. The molecule has 0 aromatic carbocycles. The van der Waals surface area contributed by atoms with Gasteiger partial charge in [0.1, 0.15) is 5.02 Å². The number of carbonyl (C=O) groups is 1. The number of pyridine rings is 1. The molecule has 0 fully saturated rings. The largest absolute Gasteiger partial charge is 0.324 e. The van der Waals surface area contributed by atoms with Crippen LogP contribution in [0.2, 0.25) is 5.02 Å².